The first kappa shape index (κ1) is 11.9. The molecule has 0 spiro atoms. The summed E-state index contributed by atoms with van der Waals surface area (Å²) in [6.45, 7) is 1.27. The predicted octanol–water partition coefficient (Wildman–Crippen LogP) is 3.20. The van der Waals surface area contributed by atoms with Crippen LogP contribution in [0.4, 0.5) is 0 Å². The van der Waals surface area contributed by atoms with Crippen LogP contribution in [0.15, 0.2) is 60.8 Å². The van der Waals surface area contributed by atoms with E-state index in [4.69, 9.17) is 0 Å². The minimum absolute atomic E-state index is 0.674. The fourth-order valence-corrected chi connectivity index (χ4v) is 3.73. The van der Waals surface area contributed by atoms with E-state index in [0.29, 0.717) is 6.04 Å². The lowest BCUT2D eigenvalue weighted by Gasteiger charge is -2.35. The second-order valence-electron chi connectivity index (χ2n) is 5.88. The second-order valence-corrected chi connectivity index (χ2v) is 5.88. The maximum absolute atomic E-state index is 2.47. The zero-order valence-electron chi connectivity index (χ0n) is 11.7. The van der Waals surface area contributed by atoms with Gasteiger partial charge in [0.25, 0.3) is 0 Å². The molecule has 1 fully saturated rings. The molecule has 1 saturated heterocycles. The number of hydrogen-bond acceptors (Lipinski definition) is 0. The molecule has 0 aromatic heterocycles. The molecule has 1 unspecified atom stereocenters. The molecule has 1 heteroatoms. The van der Waals surface area contributed by atoms with E-state index in [9.17, 15) is 0 Å². The Labute approximate surface area is 120 Å². The average Bonchev–Trinajstić information content (AvgIpc) is 2.55. The second kappa shape index (κ2) is 4.92. The third-order valence-electron chi connectivity index (χ3n) is 4.70. The highest BCUT2D eigenvalue weighted by molar-refractivity contribution is 5.81. The molecule has 0 amide bonds. The molecular weight excluding hydrogens is 242 g/mol. The van der Waals surface area contributed by atoms with Gasteiger partial charge in [-0.1, -0.05) is 54.6 Å². The Morgan fingerprint density at radius 1 is 0.850 bits per heavy atom. The van der Waals surface area contributed by atoms with Gasteiger partial charge in [-0.25, -0.2) is 0 Å². The average molecular weight is 262 g/mol. The lowest BCUT2D eigenvalue weighted by atomic mass is 9.84. The van der Waals surface area contributed by atoms with Gasteiger partial charge < -0.3 is 4.90 Å². The van der Waals surface area contributed by atoms with Crippen LogP contribution in [0.2, 0.25) is 0 Å². The number of rotatable bonds is 1. The standard InChI is InChI=1S/C19H19N/c1-2-8-15(9-3-1)18-14-20-13-7-6-12-19(20)17-11-5-4-10-16(17)18/h1-5,8-11,14,19H,6-7,12-13H2/p+1/t19-/m1/s1. The van der Waals surface area contributed by atoms with Crippen molar-refractivity contribution in [3.8, 4) is 0 Å². The molecule has 20 heavy (non-hydrogen) atoms. The van der Waals surface area contributed by atoms with Crippen LogP contribution in [0.5, 0.6) is 0 Å². The number of nitrogens with one attached hydrogen (secondary N) is 1. The van der Waals surface area contributed by atoms with Crippen molar-refractivity contribution in [2.75, 3.05) is 6.54 Å². The SMILES string of the molecule is C1=C(c2ccccc2)c2ccccc2[C@H]2CCCC[NH+]12. The van der Waals surface area contributed by atoms with Crippen LogP contribution in [0, 0.1) is 0 Å². The number of hydrogen-bond donors (Lipinski definition) is 1. The number of piperidine rings is 1. The Balaban J connectivity index is 1.88. The minimum Gasteiger partial charge on any atom is -0.302 e. The van der Waals surface area contributed by atoms with Gasteiger partial charge in [0.2, 0.25) is 0 Å². The molecule has 2 aliphatic heterocycles. The maximum atomic E-state index is 2.47. The summed E-state index contributed by atoms with van der Waals surface area (Å²) in [7, 11) is 0. The van der Waals surface area contributed by atoms with E-state index in [-0.39, 0.29) is 0 Å². The monoisotopic (exact) mass is 262 g/mol. The Kier molecular flexibility index (Phi) is 2.93. The van der Waals surface area contributed by atoms with Crippen molar-refractivity contribution in [3.05, 3.63) is 77.5 Å². The summed E-state index contributed by atoms with van der Waals surface area (Å²) in [6, 6.07) is 20.5. The van der Waals surface area contributed by atoms with Gasteiger partial charge in [-0.3, -0.25) is 0 Å². The van der Waals surface area contributed by atoms with Crippen LogP contribution in [0.3, 0.4) is 0 Å². The molecule has 2 aromatic carbocycles. The van der Waals surface area contributed by atoms with Crippen molar-refractivity contribution in [1.82, 2.24) is 0 Å². The molecule has 4 rings (SSSR count). The first-order valence-corrected chi connectivity index (χ1v) is 7.65. The molecule has 0 saturated carbocycles. The Morgan fingerprint density at radius 3 is 2.55 bits per heavy atom. The van der Waals surface area contributed by atoms with Gasteiger partial charge in [-0.2, -0.15) is 0 Å². The fourth-order valence-electron chi connectivity index (χ4n) is 3.73. The van der Waals surface area contributed by atoms with E-state index in [2.05, 4.69) is 60.8 Å². The highest BCUT2D eigenvalue weighted by atomic mass is 15.2. The third kappa shape index (κ3) is 1.90. The molecule has 2 heterocycles. The summed E-state index contributed by atoms with van der Waals surface area (Å²) in [6.07, 6.45) is 6.52. The van der Waals surface area contributed by atoms with Gasteiger partial charge in [0, 0.05) is 17.6 Å². The summed E-state index contributed by atoms with van der Waals surface area (Å²) >= 11 is 0. The van der Waals surface area contributed by atoms with Crippen LogP contribution in [-0.2, 0) is 0 Å². The van der Waals surface area contributed by atoms with Gasteiger partial charge in [0.05, 0.1) is 6.54 Å². The molecule has 0 bridgehead atoms. The van der Waals surface area contributed by atoms with Gasteiger partial charge >= 0.3 is 0 Å². The smallest absolute Gasteiger partial charge is 0.118 e. The van der Waals surface area contributed by atoms with Crippen molar-refractivity contribution in [1.29, 1.82) is 0 Å². The molecule has 100 valence electrons. The zero-order chi connectivity index (χ0) is 13.4. The van der Waals surface area contributed by atoms with E-state index in [1.54, 1.807) is 10.5 Å². The summed E-state index contributed by atoms with van der Waals surface area (Å²) in [5.74, 6) is 0. The van der Waals surface area contributed by atoms with Gasteiger partial charge in [0.1, 0.15) is 12.2 Å². The molecule has 2 aromatic rings. The van der Waals surface area contributed by atoms with Gasteiger partial charge in [-0.05, 0) is 24.0 Å². The quantitative estimate of drug-likeness (QED) is 0.805. The largest absolute Gasteiger partial charge is 0.302 e. The normalized spacial score (nSPS) is 24.5. The maximum Gasteiger partial charge on any atom is 0.118 e. The number of benzene rings is 2. The van der Waals surface area contributed by atoms with Crippen molar-refractivity contribution >= 4 is 5.57 Å². The molecule has 0 radical (unpaired) electrons. The summed E-state index contributed by atoms with van der Waals surface area (Å²) < 4.78 is 0. The molecule has 0 aliphatic carbocycles. The highest BCUT2D eigenvalue weighted by Crippen LogP contribution is 2.33. The first-order chi connectivity index (χ1) is 9.93. The summed E-state index contributed by atoms with van der Waals surface area (Å²) in [5.41, 5.74) is 5.74. The van der Waals surface area contributed by atoms with Crippen molar-refractivity contribution in [2.45, 2.75) is 25.3 Å². The fraction of sp³-hybridized carbons (Fsp3) is 0.263. The Hall–Kier alpha value is -1.86. The molecule has 2 aliphatic rings. The van der Waals surface area contributed by atoms with Gasteiger partial charge in [-0.15, -0.1) is 0 Å². The zero-order valence-corrected chi connectivity index (χ0v) is 11.7. The van der Waals surface area contributed by atoms with Crippen molar-refractivity contribution in [2.24, 2.45) is 0 Å². The highest BCUT2D eigenvalue weighted by Gasteiger charge is 2.33. The van der Waals surface area contributed by atoms with Crippen LogP contribution in [-0.4, -0.2) is 6.54 Å². The Bertz CT molecular complexity index is 642. The van der Waals surface area contributed by atoms with E-state index in [0.717, 1.165) is 0 Å². The van der Waals surface area contributed by atoms with Crippen molar-refractivity contribution in [3.63, 3.8) is 0 Å². The molecule has 1 N–H and O–H groups in total. The predicted molar refractivity (Wildman–Crippen MR) is 82.4 cm³/mol. The lowest BCUT2D eigenvalue weighted by molar-refractivity contribution is -0.887. The van der Waals surface area contributed by atoms with E-state index in [1.807, 2.05) is 0 Å². The van der Waals surface area contributed by atoms with Crippen LogP contribution in [0.25, 0.3) is 5.57 Å². The van der Waals surface area contributed by atoms with Crippen LogP contribution >= 0.6 is 0 Å². The van der Waals surface area contributed by atoms with Crippen LogP contribution < -0.4 is 4.90 Å². The Morgan fingerprint density at radius 2 is 1.65 bits per heavy atom. The number of fused-ring (bicyclic) bond motifs is 3. The lowest BCUT2D eigenvalue weighted by Crippen LogP contribution is -3.09. The van der Waals surface area contributed by atoms with Gasteiger partial charge in [0.15, 0.2) is 0 Å². The van der Waals surface area contributed by atoms with Crippen molar-refractivity contribution < 1.29 is 4.90 Å². The minimum atomic E-state index is 0.674. The summed E-state index contributed by atoms with van der Waals surface area (Å²) in [4.78, 5) is 1.65. The third-order valence-corrected chi connectivity index (χ3v) is 4.70. The molecule has 1 nitrogen and oxygen atoms in total. The first-order valence-electron chi connectivity index (χ1n) is 7.65. The van der Waals surface area contributed by atoms with E-state index < -0.39 is 0 Å². The van der Waals surface area contributed by atoms with Crippen LogP contribution in [0.1, 0.15) is 42.0 Å². The molecular formula is C19H20N+. The summed E-state index contributed by atoms with van der Waals surface area (Å²) in [5, 5.41) is 0. The number of quaternary nitrogens is 1. The van der Waals surface area contributed by atoms with E-state index >= 15 is 0 Å². The van der Waals surface area contributed by atoms with E-state index in [1.165, 1.54) is 42.5 Å². The topological polar surface area (TPSA) is 4.44 Å². The molecule has 2 atom stereocenters.